The van der Waals surface area contributed by atoms with Crippen molar-refractivity contribution in [2.75, 3.05) is 106 Å². The van der Waals surface area contributed by atoms with Gasteiger partial charge in [0.2, 0.25) is 30.1 Å². The average Bonchev–Trinajstić information content (AvgIpc) is 1.65. The predicted molar refractivity (Wildman–Crippen MR) is 498 cm³/mol. The number of primary sulfonamides is 1. The highest BCUT2D eigenvalue weighted by atomic mass is 35.5. The first-order valence-corrected chi connectivity index (χ1v) is 54.7. The van der Waals surface area contributed by atoms with Gasteiger partial charge in [-0.15, -0.1) is 0 Å². The van der Waals surface area contributed by atoms with E-state index in [-0.39, 0.29) is 78.4 Å². The number of fused-ring (bicyclic) bond motifs is 8. The summed E-state index contributed by atoms with van der Waals surface area (Å²) in [5, 5.41) is 53.4. The molecule has 712 valence electrons. The summed E-state index contributed by atoms with van der Waals surface area (Å²) in [5.41, 5.74) is 9.38. The molecular formula is C82H93Cl2FN12O27S8. The zero-order valence-electron chi connectivity index (χ0n) is 71.4. The van der Waals surface area contributed by atoms with Crippen LogP contribution in [0.25, 0.3) is 87.8 Å². The largest absolute Gasteiger partial charge is 0.497 e. The standard InChI is InChI=1S/C11H14N2O3S.C11H13NO4S.C10H10ClNO3S.C10H10FNO3S.C10H10N2O5S.C10H12N2O3S.C10H11NO3S.C9H9ClN2O3S.CH4/c1-13(2)17(14,15)8-7-10-9-5-3-4-6-11(9)16-12-10;1-15-8-3-4-11-9(7-8)10(12-16-11)5-6-17(2,13)14;2*1-16(13,14)5-4-9-8-3-2-7(11)6-10(8)15-12-9;1-18(15,16)5-4-9-8-6-7(12(13)14)2-3-10(8)17-11-9;1-11-16(13,14)7-6-9-8-4-2-3-5-10(8)15-12-9;1-15(12,13)7-6-9-8-4-2-3-5-10(8)14-11-9;10-6-1-2-9-7(5-6)8(12-15-9)3-4-16(11,13)14;/h3-6H,7-8H2,1-2H3;3-4,7H,5-6H2,1-2H3;2*2-3,6H,4-5H2,1H3;2-3,6H,4-5H2,1H3;2-5,11H,6-7H2,1H3;2-5H,6-7H2,1H3;1-2,5H,3-4H2,(H2,11,13,14);1H4. The van der Waals surface area contributed by atoms with Crippen molar-refractivity contribution in [3.8, 4) is 5.75 Å². The zero-order valence-corrected chi connectivity index (χ0v) is 79.4. The van der Waals surface area contributed by atoms with Gasteiger partial charge in [0.1, 0.15) is 60.8 Å². The lowest BCUT2D eigenvalue weighted by Crippen LogP contribution is -2.26. The van der Waals surface area contributed by atoms with E-state index in [1.54, 1.807) is 73.8 Å². The van der Waals surface area contributed by atoms with Gasteiger partial charge in [0, 0.05) is 169 Å². The third-order valence-corrected chi connectivity index (χ3v) is 27.8. The van der Waals surface area contributed by atoms with Crippen LogP contribution in [-0.4, -0.2) is 223 Å². The Morgan fingerprint density at radius 3 is 1.02 bits per heavy atom. The van der Waals surface area contributed by atoms with Crippen molar-refractivity contribution < 1.29 is 118 Å². The molecule has 0 amide bonds. The van der Waals surface area contributed by atoms with Crippen LogP contribution in [0.4, 0.5) is 10.1 Å². The van der Waals surface area contributed by atoms with Gasteiger partial charge in [-0.05, 0) is 110 Å². The van der Waals surface area contributed by atoms with Gasteiger partial charge in [-0.2, -0.15) is 0 Å². The number of nitrogens with zero attached hydrogens (tertiary/aromatic N) is 10. The Morgan fingerprint density at radius 1 is 0.371 bits per heavy atom. The minimum absolute atomic E-state index is 0. The maximum Gasteiger partial charge on any atom is 0.270 e. The van der Waals surface area contributed by atoms with E-state index in [0.717, 1.165) is 44.8 Å². The summed E-state index contributed by atoms with van der Waals surface area (Å²) in [6, 6.07) is 45.9. The number of benzene rings is 8. The molecule has 0 unspecified atom stereocenters. The molecule has 16 aromatic rings. The minimum atomic E-state index is -3.49. The van der Waals surface area contributed by atoms with Crippen molar-refractivity contribution in [1.82, 2.24) is 50.3 Å². The number of nitrogens with two attached hydrogens (primary N) is 1. The number of aromatic nitrogens is 8. The molecule has 0 fully saturated rings. The van der Waals surface area contributed by atoms with Crippen LogP contribution < -0.4 is 14.6 Å². The average molecular weight is 2030 g/mol. The molecule has 8 aromatic heterocycles. The van der Waals surface area contributed by atoms with Gasteiger partial charge >= 0.3 is 0 Å². The van der Waals surface area contributed by atoms with Crippen LogP contribution in [0.3, 0.4) is 0 Å². The minimum Gasteiger partial charge on any atom is -0.497 e. The van der Waals surface area contributed by atoms with Crippen LogP contribution in [-0.2, 0) is 131 Å². The maximum atomic E-state index is 12.8. The molecule has 39 nitrogen and oxygen atoms in total. The van der Waals surface area contributed by atoms with Crippen LogP contribution in [0.1, 0.15) is 53.0 Å². The molecule has 8 heterocycles. The topological polar surface area (TPSA) is 575 Å². The lowest BCUT2D eigenvalue weighted by Gasteiger charge is -2.09. The molecule has 0 saturated carbocycles. The normalized spacial score (nSPS) is 12.0. The Bertz CT molecular complexity index is 7560. The first kappa shape index (κ1) is 106. The number of ether oxygens (including phenoxy) is 1. The summed E-state index contributed by atoms with van der Waals surface area (Å²) in [5.74, 6) is 0.341. The fourth-order valence-corrected chi connectivity index (χ4v) is 16.8. The number of nitro groups is 1. The molecule has 50 heteroatoms. The maximum absolute atomic E-state index is 12.8. The number of sulfone groups is 5. The molecule has 8 aromatic carbocycles. The van der Waals surface area contributed by atoms with Crippen LogP contribution in [0.15, 0.2) is 200 Å². The van der Waals surface area contributed by atoms with Crippen molar-refractivity contribution >= 4 is 196 Å². The second kappa shape index (κ2) is 46.4. The molecule has 3 N–H and O–H groups in total. The number of methoxy groups -OCH3 is 1. The smallest absolute Gasteiger partial charge is 0.270 e. The highest BCUT2D eigenvalue weighted by Crippen LogP contribution is 2.30. The molecule has 16 rings (SSSR count). The summed E-state index contributed by atoms with van der Waals surface area (Å²) in [4.78, 5) is 10.1. The molecule has 0 aliphatic carbocycles. The van der Waals surface area contributed by atoms with Crippen LogP contribution in [0.2, 0.25) is 10.0 Å². The Hall–Kier alpha value is -11.3. The second-order valence-electron chi connectivity index (χ2n) is 29.4. The highest BCUT2D eigenvalue weighted by molar-refractivity contribution is 7.92. The van der Waals surface area contributed by atoms with Gasteiger partial charge in [0.05, 0.1) is 109 Å². The second-order valence-corrected chi connectivity index (χ2v) is 47.6. The summed E-state index contributed by atoms with van der Waals surface area (Å²) in [7, 11) is -18.9. The number of non-ortho nitro benzene ring substituents is 1. The number of nitro benzene ring substituents is 1. The van der Waals surface area contributed by atoms with E-state index in [0.29, 0.717) is 149 Å². The quantitative estimate of drug-likeness (QED) is 0.0340. The number of rotatable bonds is 28. The van der Waals surface area contributed by atoms with Gasteiger partial charge in [0.25, 0.3) is 5.69 Å². The van der Waals surface area contributed by atoms with Crippen molar-refractivity contribution in [2.45, 2.75) is 58.8 Å². The zero-order chi connectivity index (χ0) is 96.0. The monoisotopic (exact) mass is 2020 g/mol. The predicted octanol–water partition coefficient (Wildman–Crippen LogP) is 11.9. The Kier molecular flexibility index (Phi) is 37.3. The van der Waals surface area contributed by atoms with Crippen LogP contribution >= 0.6 is 23.2 Å². The SMILES string of the molecule is C.CN(C)S(=O)(=O)CCc1noc2ccccc12.CNS(=O)(=O)CCc1noc2ccccc12.COc1ccc2onc(CCS(C)(=O)=O)c2c1.CS(=O)(=O)CCc1noc2cc(Cl)ccc12.CS(=O)(=O)CCc1noc2cc(F)ccc12.CS(=O)(=O)CCc1noc2ccc([N+](=O)[O-])cc12.CS(=O)(=O)CCc1noc2ccccc12.NS(=O)(=O)CCc1noc2ccc(Cl)cc12. The first-order valence-electron chi connectivity index (χ1n) is 38.7. The Morgan fingerprint density at radius 2 is 0.659 bits per heavy atom. The van der Waals surface area contributed by atoms with E-state index < -0.39 is 90.0 Å². The van der Waals surface area contributed by atoms with Crippen LogP contribution in [0, 0.1) is 15.9 Å². The highest BCUT2D eigenvalue weighted by Gasteiger charge is 2.22. The fourth-order valence-electron chi connectivity index (χ4n) is 11.7. The first-order chi connectivity index (χ1) is 61.4. The fraction of sp³-hybridized carbons (Fsp3) is 0.317. The third kappa shape index (κ3) is 33.5. The number of halogens is 3. The lowest BCUT2D eigenvalue weighted by molar-refractivity contribution is -0.384. The Balaban J connectivity index is 0.000000186. The molecule has 0 atom stereocenters. The number of hydrogen-bond donors (Lipinski definition) is 2. The number of aryl methyl sites for hydroxylation is 8. The summed E-state index contributed by atoms with van der Waals surface area (Å²) in [6.07, 6.45) is 8.38. The number of hydrogen-bond acceptors (Lipinski definition) is 35. The molecule has 132 heavy (non-hydrogen) atoms. The summed E-state index contributed by atoms with van der Waals surface area (Å²) >= 11 is 11.6. The number of nitrogens with one attached hydrogen (secondary N) is 1. The van der Waals surface area contributed by atoms with Crippen molar-refractivity contribution in [3.05, 3.63) is 235 Å². The van der Waals surface area contributed by atoms with Crippen molar-refractivity contribution in [2.24, 2.45) is 5.14 Å². The van der Waals surface area contributed by atoms with E-state index >= 15 is 0 Å². The van der Waals surface area contributed by atoms with Crippen LogP contribution in [0.5, 0.6) is 5.75 Å². The van der Waals surface area contributed by atoms with E-state index in [1.165, 1.54) is 74.5 Å². The van der Waals surface area contributed by atoms with E-state index in [2.05, 4.69) is 46.0 Å². The molecule has 0 aliphatic rings. The van der Waals surface area contributed by atoms with Gasteiger partial charge in [0.15, 0.2) is 44.7 Å². The lowest BCUT2D eigenvalue weighted by atomic mass is 10.1. The molecule has 0 bridgehead atoms. The summed E-state index contributed by atoms with van der Waals surface area (Å²) in [6.45, 7) is 0. The molecule has 0 spiro atoms. The third-order valence-electron chi connectivity index (χ3n) is 18.6. The molecule has 0 saturated heterocycles. The van der Waals surface area contributed by atoms with Gasteiger partial charge in [-0.3, -0.25) is 10.1 Å². The van der Waals surface area contributed by atoms with E-state index in [4.69, 9.17) is 69.3 Å². The van der Waals surface area contributed by atoms with Crippen molar-refractivity contribution in [3.63, 3.8) is 0 Å². The van der Waals surface area contributed by atoms with E-state index in [1.807, 2.05) is 66.7 Å². The molecule has 0 aliphatic heterocycles. The van der Waals surface area contributed by atoms with Gasteiger partial charge in [-0.1, -0.05) is 108 Å². The summed E-state index contributed by atoms with van der Waals surface area (Å²) < 4.78 is 240. The number of sulfonamides is 3. The van der Waals surface area contributed by atoms with Crippen molar-refractivity contribution in [1.29, 1.82) is 0 Å². The molecular weight excluding hydrogens is 1930 g/mol. The van der Waals surface area contributed by atoms with Gasteiger partial charge < -0.3 is 40.9 Å². The number of para-hydroxylation sites is 3. The Labute approximate surface area is 768 Å². The van der Waals surface area contributed by atoms with E-state index in [9.17, 15) is 81.8 Å². The van der Waals surface area contributed by atoms with Gasteiger partial charge in [-0.25, -0.2) is 85.9 Å². The molecule has 0 radical (unpaired) electrons.